The van der Waals surface area contributed by atoms with E-state index in [0.29, 0.717) is 4.48 Å². The summed E-state index contributed by atoms with van der Waals surface area (Å²) in [4.78, 5) is 0. The van der Waals surface area contributed by atoms with Crippen molar-refractivity contribution >= 4 is 0 Å². The van der Waals surface area contributed by atoms with Gasteiger partial charge in [-0.05, 0) is 6.92 Å². The molecule has 0 rings (SSSR count). The lowest BCUT2D eigenvalue weighted by atomic mass is 10.3. The zero-order chi connectivity index (χ0) is 7.65. The molecule has 0 aromatic rings. The molecule has 0 heterocycles. The molecule has 2 atom stereocenters. The van der Waals surface area contributed by atoms with Crippen molar-refractivity contribution in [3.63, 3.8) is 0 Å². The predicted molar refractivity (Wildman–Crippen MR) is 35.7 cm³/mol. The minimum Gasteiger partial charge on any atom is -1.00 e. The Hall–Kier alpha value is 0.170. The topological polar surface area (TPSA) is 40.5 Å². The monoisotopic (exact) mass is 169 g/mol. The first-order valence-corrected chi connectivity index (χ1v) is 3.03. The highest BCUT2D eigenvalue weighted by Crippen LogP contribution is 2.02. The van der Waals surface area contributed by atoms with Gasteiger partial charge in [-0.15, -0.1) is 0 Å². The van der Waals surface area contributed by atoms with Gasteiger partial charge in [-0.1, -0.05) is 0 Å². The molecule has 0 aromatic carbocycles. The van der Waals surface area contributed by atoms with E-state index >= 15 is 0 Å². The maximum absolute atomic E-state index is 9.19. The molecule has 0 saturated heterocycles. The number of quaternary nitrogens is 1. The van der Waals surface area contributed by atoms with Gasteiger partial charge in [0.2, 0.25) is 6.23 Å². The van der Waals surface area contributed by atoms with Crippen molar-refractivity contribution in [3.05, 3.63) is 0 Å². The molecule has 0 amide bonds. The molecule has 2 unspecified atom stereocenters. The van der Waals surface area contributed by atoms with E-state index in [0.717, 1.165) is 0 Å². The Balaban J connectivity index is 0. The summed E-state index contributed by atoms with van der Waals surface area (Å²) >= 11 is 0. The molecule has 64 valence electrons. The van der Waals surface area contributed by atoms with Crippen LogP contribution in [-0.4, -0.2) is 48.2 Å². The molecule has 0 aromatic heterocycles. The summed E-state index contributed by atoms with van der Waals surface area (Å²) in [6, 6.07) is 0. The number of aliphatic hydroxyl groups excluding tert-OH is 2. The van der Waals surface area contributed by atoms with Gasteiger partial charge in [0.15, 0.2) is 0 Å². The van der Waals surface area contributed by atoms with Crippen molar-refractivity contribution in [1.82, 2.24) is 0 Å². The number of aliphatic hydroxyl groups is 2. The first-order chi connectivity index (χ1) is 3.85. The third kappa shape index (κ3) is 4.06. The Morgan fingerprint density at radius 1 is 1.10 bits per heavy atom. The van der Waals surface area contributed by atoms with Crippen LogP contribution in [0.2, 0.25) is 0 Å². The lowest BCUT2D eigenvalue weighted by Gasteiger charge is -2.31. The van der Waals surface area contributed by atoms with Gasteiger partial charge < -0.3 is 27.1 Å². The average Bonchev–Trinajstić information content (AvgIpc) is 1.62. The highest BCUT2D eigenvalue weighted by Gasteiger charge is 2.24. The number of likely N-dealkylation sites (N-methyl/N-ethyl adjacent to an activating group) is 1. The van der Waals surface area contributed by atoms with Crippen LogP contribution in [0.1, 0.15) is 6.92 Å². The highest BCUT2D eigenvalue weighted by molar-refractivity contribution is 4.47. The summed E-state index contributed by atoms with van der Waals surface area (Å²) in [6.45, 7) is 1.58. The average molecular weight is 170 g/mol. The molecule has 2 N–H and O–H groups in total. The van der Waals surface area contributed by atoms with Gasteiger partial charge >= 0.3 is 0 Å². The van der Waals surface area contributed by atoms with E-state index in [1.807, 2.05) is 21.1 Å². The maximum atomic E-state index is 9.19. The molecule has 10 heavy (non-hydrogen) atoms. The Morgan fingerprint density at radius 3 is 1.40 bits per heavy atom. The van der Waals surface area contributed by atoms with Crippen LogP contribution < -0.4 is 12.4 Å². The summed E-state index contributed by atoms with van der Waals surface area (Å²) in [5.41, 5.74) is 0. The summed E-state index contributed by atoms with van der Waals surface area (Å²) in [5.74, 6) is 0. The van der Waals surface area contributed by atoms with Crippen LogP contribution >= 0.6 is 0 Å². The van der Waals surface area contributed by atoms with E-state index in [9.17, 15) is 5.11 Å². The Labute approximate surface area is 68.3 Å². The van der Waals surface area contributed by atoms with Crippen LogP contribution in [-0.2, 0) is 0 Å². The van der Waals surface area contributed by atoms with Crippen molar-refractivity contribution in [2.45, 2.75) is 19.3 Å². The summed E-state index contributed by atoms with van der Waals surface area (Å²) in [6.07, 6.45) is -1.35. The Morgan fingerprint density at radius 2 is 1.40 bits per heavy atom. The van der Waals surface area contributed by atoms with Crippen LogP contribution in [0.25, 0.3) is 0 Å². The summed E-state index contributed by atoms with van der Waals surface area (Å²) in [5, 5.41) is 18.1. The molecule has 0 fully saturated rings. The number of hydrogen-bond donors (Lipinski definition) is 2. The van der Waals surface area contributed by atoms with E-state index in [-0.39, 0.29) is 12.4 Å². The highest BCUT2D eigenvalue weighted by atomic mass is 35.5. The van der Waals surface area contributed by atoms with Gasteiger partial charge in [0.05, 0.1) is 21.1 Å². The quantitative estimate of drug-likeness (QED) is 0.331. The second-order valence-corrected chi connectivity index (χ2v) is 3.27. The van der Waals surface area contributed by atoms with Gasteiger partial charge in [0.1, 0.15) is 6.10 Å². The molecule has 0 aliphatic carbocycles. The van der Waals surface area contributed by atoms with E-state index < -0.39 is 12.3 Å². The van der Waals surface area contributed by atoms with E-state index in [1.54, 1.807) is 6.92 Å². The fourth-order valence-electron chi connectivity index (χ4n) is 0.647. The zero-order valence-electron chi connectivity index (χ0n) is 6.87. The fraction of sp³-hybridized carbons (Fsp3) is 1.00. The van der Waals surface area contributed by atoms with Gasteiger partial charge in [-0.25, -0.2) is 0 Å². The molecule has 3 nitrogen and oxygen atoms in total. The number of hydrogen-bond acceptors (Lipinski definition) is 2. The van der Waals surface area contributed by atoms with Crippen LogP contribution in [0.15, 0.2) is 0 Å². The van der Waals surface area contributed by atoms with Crippen molar-refractivity contribution < 1.29 is 27.1 Å². The van der Waals surface area contributed by atoms with Gasteiger partial charge in [0, 0.05) is 0 Å². The molecule has 0 radical (unpaired) electrons. The van der Waals surface area contributed by atoms with Gasteiger partial charge in [-0.3, -0.25) is 0 Å². The molecule has 0 aliphatic rings. The lowest BCUT2D eigenvalue weighted by Crippen LogP contribution is -3.00. The summed E-state index contributed by atoms with van der Waals surface area (Å²) in [7, 11) is 5.49. The molecule has 0 bridgehead atoms. The summed E-state index contributed by atoms with van der Waals surface area (Å²) < 4.78 is 0.373. The van der Waals surface area contributed by atoms with Crippen molar-refractivity contribution in [1.29, 1.82) is 0 Å². The van der Waals surface area contributed by atoms with Crippen molar-refractivity contribution in [3.8, 4) is 0 Å². The molecular formula is C6H16ClNO2. The second kappa shape index (κ2) is 4.13. The van der Waals surface area contributed by atoms with E-state index in [2.05, 4.69) is 0 Å². The van der Waals surface area contributed by atoms with E-state index in [4.69, 9.17) is 5.11 Å². The van der Waals surface area contributed by atoms with Crippen LogP contribution in [0.3, 0.4) is 0 Å². The largest absolute Gasteiger partial charge is 1.00 e. The number of halogens is 1. The first-order valence-electron chi connectivity index (χ1n) is 3.03. The fourth-order valence-corrected chi connectivity index (χ4v) is 0.647. The van der Waals surface area contributed by atoms with Crippen LogP contribution in [0.4, 0.5) is 0 Å². The molecule has 0 saturated carbocycles. The van der Waals surface area contributed by atoms with Gasteiger partial charge in [0.25, 0.3) is 0 Å². The molecular weight excluding hydrogens is 154 g/mol. The van der Waals surface area contributed by atoms with Gasteiger partial charge in [-0.2, -0.15) is 0 Å². The first kappa shape index (κ1) is 12.8. The van der Waals surface area contributed by atoms with Crippen LogP contribution in [0, 0.1) is 0 Å². The normalized spacial score (nSPS) is 17.4. The smallest absolute Gasteiger partial charge is 0.216 e. The molecule has 0 aliphatic heterocycles. The molecule has 4 heteroatoms. The second-order valence-electron chi connectivity index (χ2n) is 3.27. The number of rotatable bonds is 2. The SMILES string of the molecule is CC(O)C(O)[N+](C)(C)C.[Cl-]. The van der Waals surface area contributed by atoms with E-state index in [1.165, 1.54) is 0 Å². The third-order valence-electron chi connectivity index (χ3n) is 1.23. The number of nitrogens with zero attached hydrogens (tertiary/aromatic N) is 1. The van der Waals surface area contributed by atoms with Crippen molar-refractivity contribution in [2.24, 2.45) is 0 Å². The zero-order valence-corrected chi connectivity index (χ0v) is 7.63. The molecule has 0 spiro atoms. The lowest BCUT2D eigenvalue weighted by molar-refractivity contribution is -0.922. The third-order valence-corrected chi connectivity index (χ3v) is 1.23. The predicted octanol–water partition coefficient (Wildman–Crippen LogP) is -3.60. The standard InChI is InChI=1S/C6H16NO2.ClH/c1-5(8)6(9)7(2,3)4;/h5-6,8-9H,1-4H3;1H/q+1;/p-1. The Kier molecular flexibility index (Phi) is 5.29. The Bertz CT molecular complexity index is 90.2. The van der Waals surface area contributed by atoms with Crippen molar-refractivity contribution in [2.75, 3.05) is 21.1 Å². The minimum absolute atomic E-state index is 0. The minimum atomic E-state index is -0.690. The van der Waals surface area contributed by atoms with Crippen LogP contribution in [0.5, 0.6) is 0 Å². The maximum Gasteiger partial charge on any atom is 0.216 e.